The van der Waals surface area contributed by atoms with Gasteiger partial charge in [-0.05, 0) is 24.9 Å². The lowest BCUT2D eigenvalue weighted by molar-refractivity contribution is -0.136. The highest BCUT2D eigenvalue weighted by Crippen LogP contribution is 2.15. The highest BCUT2D eigenvalue weighted by Gasteiger charge is 2.25. The molecule has 0 radical (unpaired) electrons. The summed E-state index contributed by atoms with van der Waals surface area (Å²) in [7, 11) is 0. The standard InChI is InChI=1S/C14H20N2O3/c17-10-13-7-4-8-16(13)9-14(18)15-19-11-12-5-2-1-3-6-12/h1-3,5-6,13,17H,4,7-11H2,(H,15,18). The quantitative estimate of drug-likeness (QED) is 0.742. The summed E-state index contributed by atoms with van der Waals surface area (Å²) in [6, 6.07) is 9.78. The Morgan fingerprint density at radius 1 is 1.42 bits per heavy atom. The Kier molecular flexibility index (Phi) is 5.32. The summed E-state index contributed by atoms with van der Waals surface area (Å²) < 4.78 is 0. The molecule has 104 valence electrons. The van der Waals surface area contributed by atoms with Crippen molar-refractivity contribution in [3.05, 3.63) is 35.9 Å². The molecule has 2 N–H and O–H groups in total. The van der Waals surface area contributed by atoms with Crippen molar-refractivity contribution in [2.24, 2.45) is 0 Å². The Balaban J connectivity index is 1.67. The van der Waals surface area contributed by atoms with E-state index in [1.165, 1.54) is 0 Å². The Bertz CT molecular complexity index is 397. The molecule has 1 heterocycles. The second kappa shape index (κ2) is 7.23. The first-order chi connectivity index (χ1) is 9.29. The van der Waals surface area contributed by atoms with Gasteiger partial charge in [0.25, 0.3) is 5.91 Å². The summed E-state index contributed by atoms with van der Waals surface area (Å²) in [6.07, 6.45) is 1.98. The Morgan fingerprint density at radius 2 is 2.21 bits per heavy atom. The van der Waals surface area contributed by atoms with Crippen LogP contribution in [0.2, 0.25) is 0 Å². The fourth-order valence-corrected chi connectivity index (χ4v) is 2.30. The van der Waals surface area contributed by atoms with E-state index in [0.717, 1.165) is 24.9 Å². The number of hydrogen-bond donors (Lipinski definition) is 2. The van der Waals surface area contributed by atoms with Gasteiger partial charge in [-0.1, -0.05) is 30.3 Å². The van der Waals surface area contributed by atoms with Crippen molar-refractivity contribution in [3.8, 4) is 0 Å². The fourth-order valence-electron chi connectivity index (χ4n) is 2.30. The molecule has 5 nitrogen and oxygen atoms in total. The number of hydrogen-bond acceptors (Lipinski definition) is 4. The number of carbonyl (C=O) groups is 1. The first kappa shape index (κ1) is 14.0. The number of amides is 1. The van der Waals surface area contributed by atoms with Crippen LogP contribution in [0.3, 0.4) is 0 Å². The van der Waals surface area contributed by atoms with Gasteiger partial charge in [-0.25, -0.2) is 5.48 Å². The first-order valence-corrected chi connectivity index (χ1v) is 6.59. The molecule has 1 aliphatic heterocycles. The van der Waals surface area contributed by atoms with Gasteiger partial charge < -0.3 is 5.11 Å². The van der Waals surface area contributed by atoms with Crippen LogP contribution in [0, 0.1) is 0 Å². The van der Waals surface area contributed by atoms with Crippen LogP contribution in [0.15, 0.2) is 30.3 Å². The molecule has 1 atom stereocenters. The van der Waals surface area contributed by atoms with Gasteiger partial charge >= 0.3 is 0 Å². The molecule has 0 bridgehead atoms. The molecule has 2 rings (SSSR count). The molecule has 5 heteroatoms. The van der Waals surface area contributed by atoms with E-state index < -0.39 is 0 Å². The molecule has 1 fully saturated rings. The molecule has 1 aromatic rings. The van der Waals surface area contributed by atoms with Crippen molar-refractivity contribution in [1.82, 2.24) is 10.4 Å². The van der Waals surface area contributed by atoms with Crippen LogP contribution in [0.4, 0.5) is 0 Å². The number of likely N-dealkylation sites (tertiary alicyclic amines) is 1. The minimum atomic E-state index is -0.170. The number of aliphatic hydroxyl groups excluding tert-OH is 1. The average molecular weight is 264 g/mol. The average Bonchev–Trinajstić information content (AvgIpc) is 2.87. The summed E-state index contributed by atoms with van der Waals surface area (Å²) in [6.45, 7) is 1.60. The van der Waals surface area contributed by atoms with Crippen molar-refractivity contribution in [3.63, 3.8) is 0 Å². The number of benzene rings is 1. The number of nitrogens with zero attached hydrogens (tertiary/aromatic N) is 1. The van der Waals surface area contributed by atoms with Crippen molar-refractivity contribution in [1.29, 1.82) is 0 Å². The molecule has 19 heavy (non-hydrogen) atoms. The molecule has 1 saturated heterocycles. The van der Waals surface area contributed by atoms with Gasteiger partial charge in [0.15, 0.2) is 0 Å². The highest BCUT2D eigenvalue weighted by atomic mass is 16.6. The van der Waals surface area contributed by atoms with Crippen LogP contribution in [0.5, 0.6) is 0 Å². The zero-order valence-corrected chi connectivity index (χ0v) is 10.9. The number of rotatable bonds is 6. The molecule has 0 aliphatic carbocycles. The predicted octanol–water partition coefficient (Wildman–Crippen LogP) is 0.691. The van der Waals surface area contributed by atoms with E-state index in [1.54, 1.807) is 0 Å². The SMILES string of the molecule is O=C(CN1CCCC1CO)NOCc1ccccc1. The van der Waals surface area contributed by atoms with Gasteiger partial charge in [0.05, 0.1) is 19.8 Å². The molecular formula is C14H20N2O3. The molecule has 1 amide bonds. The molecule has 0 saturated carbocycles. The van der Waals surface area contributed by atoms with Crippen LogP contribution in [-0.2, 0) is 16.2 Å². The summed E-state index contributed by atoms with van der Waals surface area (Å²) in [5.41, 5.74) is 3.45. The van der Waals surface area contributed by atoms with Crippen LogP contribution in [0.1, 0.15) is 18.4 Å². The van der Waals surface area contributed by atoms with Gasteiger partial charge in [-0.15, -0.1) is 0 Å². The van der Waals surface area contributed by atoms with Crippen LogP contribution in [0.25, 0.3) is 0 Å². The number of hydroxylamine groups is 1. The molecule has 1 unspecified atom stereocenters. The summed E-state index contributed by atoms with van der Waals surface area (Å²) in [4.78, 5) is 18.9. The van der Waals surface area contributed by atoms with Gasteiger partial charge in [-0.2, -0.15) is 0 Å². The van der Waals surface area contributed by atoms with E-state index in [-0.39, 0.29) is 25.1 Å². The third-order valence-electron chi connectivity index (χ3n) is 3.32. The zero-order valence-electron chi connectivity index (χ0n) is 10.9. The Morgan fingerprint density at radius 3 is 2.95 bits per heavy atom. The van der Waals surface area contributed by atoms with Crippen molar-refractivity contribution in [2.75, 3.05) is 19.7 Å². The minimum absolute atomic E-state index is 0.109. The highest BCUT2D eigenvalue weighted by molar-refractivity contribution is 5.77. The number of carbonyl (C=O) groups excluding carboxylic acids is 1. The van der Waals surface area contributed by atoms with E-state index in [2.05, 4.69) is 5.48 Å². The molecule has 0 spiro atoms. The second-order valence-electron chi connectivity index (χ2n) is 4.75. The van der Waals surface area contributed by atoms with Gasteiger partial charge in [0.2, 0.25) is 0 Å². The van der Waals surface area contributed by atoms with Crippen LogP contribution in [-0.4, -0.2) is 41.7 Å². The zero-order chi connectivity index (χ0) is 13.5. The lowest BCUT2D eigenvalue weighted by Gasteiger charge is -2.21. The Hall–Kier alpha value is -1.43. The Labute approximate surface area is 113 Å². The predicted molar refractivity (Wildman–Crippen MR) is 71.1 cm³/mol. The van der Waals surface area contributed by atoms with E-state index >= 15 is 0 Å². The lowest BCUT2D eigenvalue weighted by Crippen LogP contribution is -2.41. The maximum Gasteiger partial charge on any atom is 0.257 e. The summed E-state index contributed by atoms with van der Waals surface area (Å²) >= 11 is 0. The maximum atomic E-state index is 11.7. The van der Waals surface area contributed by atoms with E-state index in [1.807, 2.05) is 35.2 Å². The van der Waals surface area contributed by atoms with Crippen molar-refractivity contribution >= 4 is 5.91 Å². The molecule has 0 aromatic heterocycles. The van der Waals surface area contributed by atoms with Crippen LogP contribution >= 0.6 is 0 Å². The summed E-state index contributed by atoms with van der Waals surface area (Å²) in [5, 5.41) is 9.17. The normalized spacial score (nSPS) is 19.5. The smallest absolute Gasteiger partial charge is 0.257 e. The summed E-state index contributed by atoms with van der Waals surface area (Å²) in [5.74, 6) is -0.170. The van der Waals surface area contributed by atoms with Gasteiger partial charge in [0, 0.05) is 6.04 Å². The first-order valence-electron chi connectivity index (χ1n) is 6.59. The number of nitrogens with one attached hydrogen (secondary N) is 1. The second-order valence-corrected chi connectivity index (χ2v) is 4.75. The topological polar surface area (TPSA) is 61.8 Å². The van der Waals surface area contributed by atoms with E-state index in [9.17, 15) is 4.79 Å². The van der Waals surface area contributed by atoms with E-state index in [4.69, 9.17) is 9.94 Å². The third-order valence-corrected chi connectivity index (χ3v) is 3.32. The van der Waals surface area contributed by atoms with Gasteiger partial charge in [-0.3, -0.25) is 14.5 Å². The van der Waals surface area contributed by atoms with Crippen LogP contribution < -0.4 is 5.48 Å². The van der Waals surface area contributed by atoms with E-state index in [0.29, 0.717) is 6.61 Å². The molecule has 1 aliphatic rings. The number of aliphatic hydroxyl groups is 1. The van der Waals surface area contributed by atoms with Crippen molar-refractivity contribution in [2.45, 2.75) is 25.5 Å². The maximum absolute atomic E-state index is 11.7. The largest absolute Gasteiger partial charge is 0.395 e. The third kappa shape index (κ3) is 4.31. The minimum Gasteiger partial charge on any atom is -0.395 e. The monoisotopic (exact) mass is 264 g/mol. The van der Waals surface area contributed by atoms with Crippen molar-refractivity contribution < 1.29 is 14.7 Å². The fraction of sp³-hybridized carbons (Fsp3) is 0.500. The molecular weight excluding hydrogens is 244 g/mol. The lowest BCUT2D eigenvalue weighted by atomic mass is 10.2. The van der Waals surface area contributed by atoms with Gasteiger partial charge in [0.1, 0.15) is 0 Å². The molecule has 1 aromatic carbocycles.